The molecule has 4 heteroatoms. The van der Waals surface area contributed by atoms with Crippen LogP contribution in [0.15, 0.2) is 24.3 Å². The highest BCUT2D eigenvalue weighted by Crippen LogP contribution is 2.24. The van der Waals surface area contributed by atoms with E-state index in [1.165, 1.54) is 12.0 Å². The zero-order valence-corrected chi connectivity index (χ0v) is 11.6. The number of nitrogens with one attached hydrogen (secondary N) is 1. The Bertz CT molecular complexity index is 333. The molecule has 0 amide bonds. The molecule has 17 heavy (non-hydrogen) atoms. The van der Waals surface area contributed by atoms with Gasteiger partial charge in [-0.1, -0.05) is 26.0 Å². The Morgan fingerprint density at radius 2 is 2.24 bits per heavy atom. The van der Waals surface area contributed by atoms with E-state index >= 15 is 0 Å². The molecule has 0 heterocycles. The standard InChI is InChI=1S/C13H22N2OS/c1-4-10(2)17-9-13(15-14)11-6-5-7-12(8-11)16-3/h5-8,10,13,15H,4,9,14H2,1-3H3. The van der Waals surface area contributed by atoms with Crippen LogP contribution in [0, 0.1) is 0 Å². The molecule has 3 N–H and O–H groups in total. The minimum Gasteiger partial charge on any atom is -0.497 e. The van der Waals surface area contributed by atoms with Crippen LogP contribution in [0.5, 0.6) is 5.75 Å². The van der Waals surface area contributed by atoms with Gasteiger partial charge in [0.15, 0.2) is 0 Å². The highest BCUT2D eigenvalue weighted by molar-refractivity contribution is 7.99. The van der Waals surface area contributed by atoms with Crippen molar-refractivity contribution in [2.75, 3.05) is 12.9 Å². The summed E-state index contributed by atoms with van der Waals surface area (Å²) in [6.45, 7) is 4.44. The molecule has 2 atom stereocenters. The van der Waals surface area contributed by atoms with Crippen molar-refractivity contribution in [2.45, 2.75) is 31.6 Å². The van der Waals surface area contributed by atoms with E-state index in [9.17, 15) is 0 Å². The lowest BCUT2D eigenvalue weighted by atomic mass is 10.1. The Kier molecular flexibility index (Phi) is 6.40. The quantitative estimate of drug-likeness (QED) is 0.580. The van der Waals surface area contributed by atoms with Crippen molar-refractivity contribution in [3.05, 3.63) is 29.8 Å². The maximum atomic E-state index is 5.62. The number of methoxy groups -OCH3 is 1. The minimum atomic E-state index is 0.170. The van der Waals surface area contributed by atoms with Gasteiger partial charge in [-0.05, 0) is 24.1 Å². The number of hydrogen-bond acceptors (Lipinski definition) is 4. The summed E-state index contributed by atoms with van der Waals surface area (Å²) in [6, 6.07) is 8.21. The summed E-state index contributed by atoms with van der Waals surface area (Å²) in [5, 5.41) is 0.663. The molecule has 0 bridgehead atoms. The maximum absolute atomic E-state index is 5.62. The zero-order valence-electron chi connectivity index (χ0n) is 10.8. The highest BCUT2D eigenvalue weighted by atomic mass is 32.2. The SMILES string of the molecule is CCC(C)SCC(NN)c1cccc(OC)c1. The van der Waals surface area contributed by atoms with E-state index in [0.717, 1.165) is 11.5 Å². The van der Waals surface area contributed by atoms with E-state index in [0.29, 0.717) is 5.25 Å². The van der Waals surface area contributed by atoms with Gasteiger partial charge >= 0.3 is 0 Å². The summed E-state index contributed by atoms with van der Waals surface area (Å²) in [7, 11) is 1.68. The highest BCUT2D eigenvalue weighted by Gasteiger charge is 2.12. The Labute approximate surface area is 108 Å². The summed E-state index contributed by atoms with van der Waals surface area (Å²) in [5.74, 6) is 7.46. The number of rotatable bonds is 7. The molecular weight excluding hydrogens is 232 g/mol. The van der Waals surface area contributed by atoms with Gasteiger partial charge in [0.2, 0.25) is 0 Å². The minimum absolute atomic E-state index is 0.170. The topological polar surface area (TPSA) is 47.3 Å². The van der Waals surface area contributed by atoms with Gasteiger partial charge in [0, 0.05) is 11.0 Å². The molecule has 0 saturated heterocycles. The lowest BCUT2D eigenvalue weighted by molar-refractivity contribution is 0.413. The molecule has 3 nitrogen and oxygen atoms in total. The molecule has 0 radical (unpaired) electrons. The number of ether oxygens (including phenoxy) is 1. The van der Waals surface area contributed by atoms with Crippen molar-refractivity contribution in [3.63, 3.8) is 0 Å². The molecule has 0 aliphatic heterocycles. The van der Waals surface area contributed by atoms with Crippen molar-refractivity contribution in [1.82, 2.24) is 5.43 Å². The van der Waals surface area contributed by atoms with E-state index in [4.69, 9.17) is 10.6 Å². The van der Waals surface area contributed by atoms with Crippen molar-refractivity contribution in [3.8, 4) is 5.75 Å². The van der Waals surface area contributed by atoms with Crippen LogP contribution in [0.1, 0.15) is 31.9 Å². The molecule has 1 aromatic rings. The van der Waals surface area contributed by atoms with Gasteiger partial charge < -0.3 is 4.74 Å². The van der Waals surface area contributed by atoms with Crippen LogP contribution >= 0.6 is 11.8 Å². The van der Waals surface area contributed by atoms with E-state index in [1.54, 1.807) is 7.11 Å². The number of nitrogens with two attached hydrogens (primary N) is 1. The molecule has 96 valence electrons. The first-order valence-electron chi connectivity index (χ1n) is 5.93. The molecule has 1 aromatic carbocycles. The normalized spacial score (nSPS) is 14.4. The van der Waals surface area contributed by atoms with E-state index in [2.05, 4.69) is 25.3 Å². The third-order valence-electron chi connectivity index (χ3n) is 2.82. The fraction of sp³-hybridized carbons (Fsp3) is 0.538. The first-order chi connectivity index (χ1) is 8.21. The second-order valence-electron chi connectivity index (χ2n) is 4.05. The van der Waals surface area contributed by atoms with Crippen LogP contribution in [0.4, 0.5) is 0 Å². The molecule has 0 fully saturated rings. The van der Waals surface area contributed by atoms with Crippen LogP contribution < -0.4 is 16.0 Å². The predicted molar refractivity (Wildman–Crippen MR) is 75.3 cm³/mol. The monoisotopic (exact) mass is 254 g/mol. The third-order valence-corrected chi connectivity index (χ3v) is 4.25. The molecule has 0 saturated carbocycles. The molecule has 0 spiro atoms. The average Bonchev–Trinajstić information content (AvgIpc) is 2.39. The smallest absolute Gasteiger partial charge is 0.119 e. The summed E-state index contributed by atoms with van der Waals surface area (Å²) in [5.41, 5.74) is 4.04. The molecule has 0 aliphatic carbocycles. The van der Waals surface area contributed by atoms with Crippen molar-refractivity contribution >= 4 is 11.8 Å². The Morgan fingerprint density at radius 1 is 1.47 bits per heavy atom. The Balaban J connectivity index is 2.65. The first-order valence-corrected chi connectivity index (χ1v) is 6.97. The summed E-state index contributed by atoms with van der Waals surface area (Å²) >= 11 is 1.93. The van der Waals surface area contributed by atoms with Gasteiger partial charge in [-0.2, -0.15) is 11.8 Å². The fourth-order valence-electron chi connectivity index (χ4n) is 1.48. The van der Waals surface area contributed by atoms with E-state index in [1.807, 2.05) is 30.0 Å². The second kappa shape index (κ2) is 7.58. The molecule has 0 aromatic heterocycles. The predicted octanol–water partition coefficient (Wildman–Crippen LogP) is 2.73. The third kappa shape index (κ3) is 4.58. The summed E-state index contributed by atoms with van der Waals surface area (Å²) < 4.78 is 5.22. The average molecular weight is 254 g/mol. The van der Waals surface area contributed by atoms with E-state index in [-0.39, 0.29) is 6.04 Å². The van der Waals surface area contributed by atoms with Gasteiger partial charge in [-0.15, -0.1) is 0 Å². The van der Waals surface area contributed by atoms with Gasteiger partial charge in [-0.3, -0.25) is 11.3 Å². The van der Waals surface area contributed by atoms with Gasteiger partial charge in [0.05, 0.1) is 13.2 Å². The lowest BCUT2D eigenvalue weighted by Crippen LogP contribution is -2.30. The summed E-state index contributed by atoms with van der Waals surface area (Å²) in [4.78, 5) is 0. The largest absolute Gasteiger partial charge is 0.497 e. The van der Waals surface area contributed by atoms with Crippen molar-refractivity contribution in [1.29, 1.82) is 0 Å². The van der Waals surface area contributed by atoms with Crippen LogP contribution in [-0.4, -0.2) is 18.1 Å². The van der Waals surface area contributed by atoms with Crippen LogP contribution in [0.3, 0.4) is 0 Å². The Hall–Kier alpha value is -0.710. The van der Waals surface area contributed by atoms with Crippen LogP contribution in [0.2, 0.25) is 0 Å². The van der Waals surface area contributed by atoms with Gasteiger partial charge in [0.1, 0.15) is 5.75 Å². The van der Waals surface area contributed by atoms with Gasteiger partial charge in [0.25, 0.3) is 0 Å². The fourth-order valence-corrected chi connectivity index (χ4v) is 2.52. The summed E-state index contributed by atoms with van der Waals surface area (Å²) in [6.07, 6.45) is 1.18. The van der Waals surface area contributed by atoms with Crippen LogP contribution in [-0.2, 0) is 0 Å². The molecule has 1 rings (SSSR count). The zero-order chi connectivity index (χ0) is 12.7. The molecule has 0 aliphatic rings. The van der Waals surface area contributed by atoms with Crippen LogP contribution in [0.25, 0.3) is 0 Å². The number of hydrazine groups is 1. The van der Waals surface area contributed by atoms with E-state index < -0.39 is 0 Å². The lowest BCUT2D eigenvalue weighted by Gasteiger charge is -2.18. The number of thioether (sulfide) groups is 1. The number of benzene rings is 1. The molecule has 2 unspecified atom stereocenters. The Morgan fingerprint density at radius 3 is 2.82 bits per heavy atom. The number of hydrogen-bond donors (Lipinski definition) is 2. The van der Waals surface area contributed by atoms with Crippen molar-refractivity contribution < 1.29 is 4.74 Å². The second-order valence-corrected chi connectivity index (χ2v) is 5.52. The molecular formula is C13H22N2OS. The van der Waals surface area contributed by atoms with Gasteiger partial charge in [-0.25, -0.2) is 0 Å². The van der Waals surface area contributed by atoms with Crippen molar-refractivity contribution in [2.24, 2.45) is 5.84 Å². The first kappa shape index (κ1) is 14.4. The maximum Gasteiger partial charge on any atom is 0.119 e.